The number of nitrogens with zero attached hydrogens (tertiary/aromatic N) is 3. The first kappa shape index (κ1) is 22.3. The normalized spacial score (nSPS) is 14.4. The van der Waals surface area contributed by atoms with E-state index in [2.05, 4.69) is 9.88 Å². The topological polar surface area (TPSA) is 72.0 Å². The molecule has 0 spiro atoms. The average Bonchev–Trinajstić information content (AvgIpc) is 3.24. The van der Waals surface area contributed by atoms with E-state index in [9.17, 15) is 14.0 Å². The van der Waals surface area contributed by atoms with Gasteiger partial charge in [-0.1, -0.05) is 23.5 Å². The molecule has 0 bridgehead atoms. The van der Waals surface area contributed by atoms with Crippen LogP contribution >= 0.6 is 11.3 Å². The van der Waals surface area contributed by atoms with Gasteiger partial charge in [0.1, 0.15) is 5.82 Å². The second kappa shape index (κ2) is 10.2. The molecule has 32 heavy (non-hydrogen) atoms. The van der Waals surface area contributed by atoms with Gasteiger partial charge in [-0.15, -0.1) is 0 Å². The van der Waals surface area contributed by atoms with Gasteiger partial charge in [-0.3, -0.25) is 14.6 Å². The van der Waals surface area contributed by atoms with Gasteiger partial charge in [0.2, 0.25) is 0 Å². The first-order valence-corrected chi connectivity index (χ1v) is 11.2. The number of halogens is 1. The summed E-state index contributed by atoms with van der Waals surface area (Å²) in [4.78, 5) is 34.3. The van der Waals surface area contributed by atoms with Gasteiger partial charge in [0, 0.05) is 26.2 Å². The molecule has 0 unspecified atom stereocenters. The summed E-state index contributed by atoms with van der Waals surface area (Å²) in [7, 11) is 1.28. The monoisotopic (exact) mass is 457 g/mol. The third kappa shape index (κ3) is 4.95. The summed E-state index contributed by atoms with van der Waals surface area (Å²) >= 11 is 1.25. The number of esters is 1. The molecule has 1 saturated heterocycles. The summed E-state index contributed by atoms with van der Waals surface area (Å²) < 4.78 is 24.6. The first-order valence-electron chi connectivity index (χ1n) is 10.4. The fourth-order valence-corrected chi connectivity index (χ4v) is 4.68. The number of aromatic nitrogens is 1. The molecule has 7 nitrogen and oxygen atoms in total. The van der Waals surface area contributed by atoms with E-state index in [4.69, 9.17) is 9.47 Å². The number of carbonyl (C=O) groups is 2. The van der Waals surface area contributed by atoms with Crippen molar-refractivity contribution in [3.63, 3.8) is 0 Å². The number of benzene rings is 2. The fraction of sp³-hybridized carbons (Fsp3) is 0.348. The second-order valence-electron chi connectivity index (χ2n) is 7.41. The Morgan fingerprint density at radius 3 is 2.69 bits per heavy atom. The Kier molecular flexibility index (Phi) is 7.09. The summed E-state index contributed by atoms with van der Waals surface area (Å²) in [5, 5.41) is 0.470. The number of rotatable bonds is 7. The van der Waals surface area contributed by atoms with E-state index >= 15 is 0 Å². The molecule has 4 rings (SSSR count). The molecule has 0 aliphatic carbocycles. The molecule has 2 aromatic carbocycles. The lowest BCUT2D eigenvalue weighted by Gasteiger charge is -2.28. The standard InChI is InChI=1S/C23H24FN3O4S/c1-30-22(29)18-6-3-2-5-17(18)21(28)27(10-4-9-26-11-13-31-14-12-26)23-25-19-8-7-16(24)15-20(19)32-23/h2-3,5-8,15H,4,9-14H2,1H3. The predicted octanol–water partition coefficient (Wildman–Crippen LogP) is 3.59. The first-order chi connectivity index (χ1) is 15.6. The van der Waals surface area contributed by atoms with E-state index in [0.717, 1.165) is 26.1 Å². The lowest BCUT2D eigenvalue weighted by atomic mass is 10.1. The smallest absolute Gasteiger partial charge is 0.338 e. The van der Waals surface area contributed by atoms with Crippen LogP contribution in [0.15, 0.2) is 42.5 Å². The van der Waals surface area contributed by atoms with Crippen molar-refractivity contribution in [3.05, 3.63) is 59.4 Å². The van der Waals surface area contributed by atoms with Crippen molar-refractivity contribution < 1.29 is 23.5 Å². The molecular weight excluding hydrogens is 433 g/mol. The van der Waals surface area contributed by atoms with E-state index in [1.807, 2.05) is 0 Å². The number of amides is 1. The quantitative estimate of drug-likeness (QED) is 0.505. The summed E-state index contributed by atoms with van der Waals surface area (Å²) in [5.41, 5.74) is 1.07. The number of thiazole rings is 1. The van der Waals surface area contributed by atoms with Crippen LogP contribution in [0.4, 0.5) is 9.52 Å². The van der Waals surface area contributed by atoms with E-state index in [1.54, 1.807) is 35.2 Å². The SMILES string of the molecule is COC(=O)c1ccccc1C(=O)N(CCCN1CCOCC1)c1nc2ccc(F)cc2s1. The van der Waals surface area contributed by atoms with Crippen LogP contribution in [0.5, 0.6) is 0 Å². The Morgan fingerprint density at radius 1 is 1.19 bits per heavy atom. The van der Waals surface area contributed by atoms with Crippen molar-refractivity contribution in [2.45, 2.75) is 6.42 Å². The second-order valence-corrected chi connectivity index (χ2v) is 8.42. The highest BCUT2D eigenvalue weighted by Crippen LogP contribution is 2.31. The zero-order valence-corrected chi connectivity index (χ0v) is 18.6. The number of methoxy groups -OCH3 is 1. The molecule has 2 heterocycles. The van der Waals surface area contributed by atoms with Crippen molar-refractivity contribution in [3.8, 4) is 0 Å². The maximum absolute atomic E-state index is 13.7. The number of fused-ring (bicyclic) bond motifs is 1. The summed E-state index contributed by atoms with van der Waals surface area (Å²) in [6.45, 7) is 4.36. The number of carbonyl (C=O) groups excluding carboxylic acids is 2. The number of anilines is 1. The molecule has 1 amide bonds. The molecule has 1 aliphatic heterocycles. The molecule has 0 atom stereocenters. The van der Waals surface area contributed by atoms with Crippen LogP contribution in [0.3, 0.4) is 0 Å². The molecule has 3 aromatic rings. The molecule has 0 saturated carbocycles. The van der Waals surface area contributed by atoms with Crippen LogP contribution in [0.25, 0.3) is 10.2 Å². The van der Waals surface area contributed by atoms with Crippen LogP contribution < -0.4 is 4.90 Å². The zero-order valence-electron chi connectivity index (χ0n) is 17.8. The molecule has 0 N–H and O–H groups in total. The van der Waals surface area contributed by atoms with E-state index in [0.29, 0.717) is 35.1 Å². The van der Waals surface area contributed by atoms with Gasteiger partial charge in [0.05, 0.1) is 41.7 Å². The number of hydrogen-bond acceptors (Lipinski definition) is 7. The van der Waals surface area contributed by atoms with Crippen LogP contribution in [-0.4, -0.2) is 68.3 Å². The van der Waals surface area contributed by atoms with Crippen LogP contribution in [-0.2, 0) is 9.47 Å². The Balaban J connectivity index is 1.63. The summed E-state index contributed by atoms with van der Waals surface area (Å²) in [6, 6.07) is 10.9. The van der Waals surface area contributed by atoms with Crippen LogP contribution in [0, 0.1) is 5.82 Å². The highest BCUT2D eigenvalue weighted by Gasteiger charge is 2.26. The third-order valence-corrected chi connectivity index (χ3v) is 6.38. The molecule has 9 heteroatoms. The molecule has 1 aliphatic rings. The summed E-state index contributed by atoms with van der Waals surface area (Å²) in [5.74, 6) is -1.27. The van der Waals surface area contributed by atoms with E-state index < -0.39 is 5.97 Å². The van der Waals surface area contributed by atoms with Gasteiger partial charge in [-0.2, -0.15) is 0 Å². The largest absolute Gasteiger partial charge is 0.465 e. The molecule has 1 aromatic heterocycles. The Bertz CT molecular complexity index is 1110. The molecule has 168 valence electrons. The Labute approximate surface area is 189 Å². The zero-order chi connectivity index (χ0) is 22.5. The van der Waals surface area contributed by atoms with Gasteiger partial charge >= 0.3 is 5.97 Å². The lowest BCUT2D eigenvalue weighted by Crippen LogP contribution is -2.39. The highest BCUT2D eigenvalue weighted by atomic mass is 32.1. The van der Waals surface area contributed by atoms with Crippen molar-refractivity contribution in [2.75, 3.05) is 51.4 Å². The van der Waals surface area contributed by atoms with Crippen molar-refractivity contribution in [1.29, 1.82) is 0 Å². The summed E-state index contributed by atoms with van der Waals surface area (Å²) in [6.07, 6.45) is 0.719. The molecule has 0 radical (unpaired) electrons. The number of hydrogen-bond donors (Lipinski definition) is 0. The third-order valence-electron chi connectivity index (χ3n) is 5.34. The molecular formula is C23H24FN3O4S. The van der Waals surface area contributed by atoms with Gasteiger partial charge in [0.25, 0.3) is 5.91 Å². The van der Waals surface area contributed by atoms with Gasteiger partial charge in [-0.05, 0) is 36.8 Å². The van der Waals surface area contributed by atoms with Crippen molar-refractivity contribution in [2.24, 2.45) is 0 Å². The Morgan fingerprint density at radius 2 is 1.94 bits per heavy atom. The van der Waals surface area contributed by atoms with Gasteiger partial charge < -0.3 is 9.47 Å². The van der Waals surface area contributed by atoms with Crippen molar-refractivity contribution >= 4 is 38.6 Å². The fourth-order valence-electron chi connectivity index (χ4n) is 3.67. The maximum Gasteiger partial charge on any atom is 0.338 e. The number of ether oxygens (including phenoxy) is 2. The molecule has 1 fully saturated rings. The van der Waals surface area contributed by atoms with Crippen LogP contribution in [0.2, 0.25) is 0 Å². The van der Waals surface area contributed by atoms with Crippen LogP contribution in [0.1, 0.15) is 27.1 Å². The average molecular weight is 458 g/mol. The van der Waals surface area contributed by atoms with Crippen molar-refractivity contribution in [1.82, 2.24) is 9.88 Å². The maximum atomic E-state index is 13.7. The Hall–Kier alpha value is -2.88. The predicted molar refractivity (Wildman–Crippen MR) is 121 cm³/mol. The van der Waals surface area contributed by atoms with E-state index in [-0.39, 0.29) is 22.9 Å². The highest BCUT2D eigenvalue weighted by molar-refractivity contribution is 7.22. The van der Waals surface area contributed by atoms with E-state index in [1.165, 1.54) is 30.6 Å². The van der Waals surface area contributed by atoms with Gasteiger partial charge in [0.15, 0.2) is 5.13 Å². The lowest BCUT2D eigenvalue weighted by molar-refractivity contribution is 0.0376. The minimum atomic E-state index is -0.575. The van der Waals surface area contributed by atoms with Gasteiger partial charge in [-0.25, -0.2) is 14.2 Å². The number of morpholine rings is 1. The minimum Gasteiger partial charge on any atom is -0.465 e. The minimum absolute atomic E-state index is 0.199.